The molecule has 0 fully saturated rings. The van der Waals surface area contributed by atoms with Gasteiger partial charge >= 0.3 is 0 Å². The Kier molecular flexibility index (Phi) is 5.87. The Morgan fingerprint density at radius 3 is 2.68 bits per heavy atom. The van der Waals surface area contributed by atoms with Crippen molar-refractivity contribution in [2.75, 3.05) is 11.6 Å². The van der Waals surface area contributed by atoms with Crippen LogP contribution in [0.25, 0.3) is 0 Å². The Bertz CT molecular complexity index is 693. The molecule has 2 aromatic rings. The van der Waals surface area contributed by atoms with Crippen LogP contribution < -0.4 is 10.1 Å². The number of rotatable bonds is 4. The van der Waals surface area contributed by atoms with E-state index in [4.69, 9.17) is 10.00 Å². The summed E-state index contributed by atoms with van der Waals surface area (Å²) in [6, 6.07) is 15.9. The zero-order chi connectivity index (χ0) is 15.8. The molecule has 4 nitrogen and oxygen atoms in total. The van der Waals surface area contributed by atoms with Crippen molar-refractivity contribution >= 4 is 22.6 Å². The number of anilines is 1. The minimum atomic E-state index is 0.542. The SMILES string of the molecule is CS/C(=N/C#N)Nc1ccc(OCc2ccccc2)c(C)c1. The first kappa shape index (κ1) is 15.9. The third-order valence-corrected chi connectivity index (χ3v) is 3.59. The van der Waals surface area contributed by atoms with Gasteiger partial charge in [-0.1, -0.05) is 42.1 Å². The van der Waals surface area contributed by atoms with Crippen molar-refractivity contribution in [2.24, 2.45) is 4.99 Å². The largest absolute Gasteiger partial charge is 0.489 e. The van der Waals surface area contributed by atoms with Gasteiger partial charge in [0.2, 0.25) is 6.19 Å². The topological polar surface area (TPSA) is 57.4 Å². The molecule has 1 N–H and O–H groups in total. The lowest BCUT2D eigenvalue weighted by Crippen LogP contribution is -2.07. The fourth-order valence-electron chi connectivity index (χ4n) is 1.92. The molecule has 0 spiro atoms. The normalized spacial score (nSPS) is 10.9. The maximum atomic E-state index is 8.61. The van der Waals surface area contributed by atoms with Crippen LogP contribution in [0.4, 0.5) is 5.69 Å². The average molecular weight is 311 g/mol. The second kappa shape index (κ2) is 8.11. The van der Waals surface area contributed by atoms with Gasteiger partial charge in [-0.15, -0.1) is 4.99 Å². The van der Waals surface area contributed by atoms with E-state index in [1.165, 1.54) is 11.8 Å². The van der Waals surface area contributed by atoms with Crippen LogP contribution in [0.2, 0.25) is 0 Å². The van der Waals surface area contributed by atoms with E-state index in [9.17, 15) is 0 Å². The number of nitrogens with zero attached hydrogens (tertiary/aromatic N) is 2. The second-order valence-electron chi connectivity index (χ2n) is 4.60. The van der Waals surface area contributed by atoms with Crippen LogP contribution in [-0.2, 0) is 6.61 Å². The van der Waals surface area contributed by atoms with E-state index in [0.717, 1.165) is 22.6 Å². The number of thioether (sulfide) groups is 1. The predicted molar refractivity (Wildman–Crippen MR) is 92.1 cm³/mol. The lowest BCUT2D eigenvalue weighted by molar-refractivity contribution is 0.304. The van der Waals surface area contributed by atoms with E-state index in [0.29, 0.717) is 11.8 Å². The number of nitrogens with one attached hydrogen (secondary N) is 1. The van der Waals surface area contributed by atoms with Gasteiger partial charge in [0.15, 0.2) is 5.17 Å². The minimum absolute atomic E-state index is 0.542. The Labute approximate surface area is 134 Å². The van der Waals surface area contributed by atoms with Crippen molar-refractivity contribution in [3.8, 4) is 11.9 Å². The molecule has 0 saturated heterocycles. The van der Waals surface area contributed by atoms with Crippen LogP contribution >= 0.6 is 11.8 Å². The highest BCUT2D eigenvalue weighted by molar-refractivity contribution is 8.13. The third-order valence-electron chi connectivity index (χ3n) is 3.01. The molecular weight excluding hydrogens is 294 g/mol. The zero-order valence-corrected chi connectivity index (χ0v) is 13.4. The summed E-state index contributed by atoms with van der Waals surface area (Å²) in [4.78, 5) is 3.71. The van der Waals surface area contributed by atoms with Crippen molar-refractivity contribution in [1.82, 2.24) is 0 Å². The Morgan fingerprint density at radius 2 is 2.05 bits per heavy atom. The van der Waals surface area contributed by atoms with Crippen LogP contribution in [0.1, 0.15) is 11.1 Å². The molecule has 0 atom stereocenters. The lowest BCUT2D eigenvalue weighted by Gasteiger charge is -2.12. The Hall–Kier alpha value is -2.45. The van der Waals surface area contributed by atoms with Gasteiger partial charge in [-0.05, 0) is 42.5 Å². The molecule has 2 rings (SSSR count). The summed E-state index contributed by atoms with van der Waals surface area (Å²) in [6.07, 6.45) is 3.65. The van der Waals surface area contributed by atoms with Crippen LogP contribution in [0.3, 0.4) is 0 Å². The number of aryl methyl sites for hydroxylation is 1. The molecule has 0 amide bonds. The van der Waals surface area contributed by atoms with E-state index in [1.54, 1.807) is 6.19 Å². The molecular formula is C17H17N3OS. The molecule has 0 aliphatic rings. The minimum Gasteiger partial charge on any atom is -0.489 e. The predicted octanol–water partition coefficient (Wildman–Crippen LogP) is 4.19. The van der Waals surface area contributed by atoms with Crippen LogP contribution in [0.5, 0.6) is 5.75 Å². The monoisotopic (exact) mass is 311 g/mol. The number of benzene rings is 2. The van der Waals surface area contributed by atoms with Crippen molar-refractivity contribution in [1.29, 1.82) is 5.26 Å². The van der Waals surface area contributed by atoms with Crippen molar-refractivity contribution < 1.29 is 4.74 Å². The fraction of sp³-hybridized carbons (Fsp3) is 0.176. The zero-order valence-electron chi connectivity index (χ0n) is 12.5. The van der Waals surface area contributed by atoms with Gasteiger partial charge in [-0.3, -0.25) is 0 Å². The molecule has 22 heavy (non-hydrogen) atoms. The average Bonchev–Trinajstić information content (AvgIpc) is 2.54. The summed E-state index contributed by atoms with van der Waals surface area (Å²) in [5.74, 6) is 0.845. The van der Waals surface area contributed by atoms with Gasteiger partial charge in [0, 0.05) is 5.69 Å². The van der Waals surface area contributed by atoms with Gasteiger partial charge < -0.3 is 10.1 Å². The number of aliphatic imine (C=N–C) groups is 1. The number of ether oxygens (including phenoxy) is 1. The lowest BCUT2D eigenvalue weighted by atomic mass is 10.2. The smallest absolute Gasteiger partial charge is 0.208 e. The summed E-state index contributed by atoms with van der Waals surface area (Å²) in [6.45, 7) is 2.53. The van der Waals surface area contributed by atoms with Crippen LogP contribution in [-0.4, -0.2) is 11.4 Å². The first-order chi connectivity index (χ1) is 10.7. The maximum absolute atomic E-state index is 8.61. The Morgan fingerprint density at radius 1 is 1.27 bits per heavy atom. The first-order valence-electron chi connectivity index (χ1n) is 6.78. The van der Waals surface area contributed by atoms with Gasteiger partial charge in [0.25, 0.3) is 0 Å². The van der Waals surface area contributed by atoms with Crippen molar-refractivity contribution in [2.45, 2.75) is 13.5 Å². The van der Waals surface area contributed by atoms with E-state index >= 15 is 0 Å². The summed E-state index contributed by atoms with van der Waals surface area (Å²) >= 11 is 1.39. The molecule has 2 aromatic carbocycles. The van der Waals surface area contributed by atoms with Crippen LogP contribution in [0, 0.1) is 18.4 Å². The van der Waals surface area contributed by atoms with Crippen molar-refractivity contribution in [3.63, 3.8) is 0 Å². The fourth-order valence-corrected chi connectivity index (χ4v) is 2.27. The highest BCUT2D eigenvalue weighted by Crippen LogP contribution is 2.23. The van der Waals surface area contributed by atoms with Gasteiger partial charge in [0.1, 0.15) is 12.4 Å². The molecule has 0 aliphatic carbocycles. The third kappa shape index (κ3) is 4.54. The van der Waals surface area contributed by atoms with Crippen molar-refractivity contribution in [3.05, 3.63) is 59.7 Å². The van der Waals surface area contributed by atoms with E-state index in [1.807, 2.05) is 61.7 Å². The van der Waals surface area contributed by atoms with Gasteiger partial charge in [0.05, 0.1) is 0 Å². The molecule has 112 valence electrons. The molecule has 0 saturated carbocycles. The van der Waals surface area contributed by atoms with E-state index in [2.05, 4.69) is 10.3 Å². The summed E-state index contributed by atoms with van der Waals surface area (Å²) in [5.41, 5.74) is 3.04. The second-order valence-corrected chi connectivity index (χ2v) is 5.40. The number of amidine groups is 1. The number of nitriles is 1. The molecule has 0 heterocycles. The number of hydrogen-bond acceptors (Lipinski definition) is 4. The highest BCUT2D eigenvalue weighted by Gasteiger charge is 2.04. The molecule has 5 heteroatoms. The van der Waals surface area contributed by atoms with E-state index in [-0.39, 0.29) is 0 Å². The maximum Gasteiger partial charge on any atom is 0.208 e. The summed E-state index contributed by atoms with van der Waals surface area (Å²) < 4.78 is 5.84. The van der Waals surface area contributed by atoms with E-state index < -0.39 is 0 Å². The molecule has 0 radical (unpaired) electrons. The molecule has 0 unspecified atom stereocenters. The summed E-state index contributed by atoms with van der Waals surface area (Å²) in [5, 5.41) is 12.3. The van der Waals surface area contributed by atoms with Gasteiger partial charge in [-0.25, -0.2) is 0 Å². The molecule has 0 bridgehead atoms. The standard InChI is InChI=1S/C17H17N3OS/c1-13-10-15(20-17(22-2)19-12-18)8-9-16(13)21-11-14-6-4-3-5-7-14/h3-10H,11H2,1-2H3,(H,19,20). The molecule has 0 aliphatic heterocycles. The first-order valence-corrected chi connectivity index (χ1v) is 8.00. The van der Waals surface area contributed by atoms with Crippen LogP contribution in [0.15, 0.2) is 53.5 Å². The Balaban J connectivity index is 2.03. The highest BCUT2D eigenvalue weighted by atomic mass is 32.2. The number of hydrogen-bond donors (Lipinski definition) is 1. The molecule has 0 aromatic heterocycles. The quantitative estimate of drug-likeness (QED) is 0.522. The summed E-state index contributed by atoms with van der Waals surface area (Å²) in [7, 11) is 0. The van der Waals surface area contributed by atoms with Gasteiger partial charge in [-0.2, -0.15) is 5.26 Å².